The molecule has 1 aromatic heterocycles. The fourth-order valence-electron chi connectivity index (χ4n) is 8.48. The van der Waals surface area contributed by atoms with Crippen LogP contribution in [0.4, 0.5) is 17.1 Å². The number of aromatic nitrogens is 1. The number of anilines is 3. The largest absolute Gasteiger partial charge is 0.310 e. The van der Waals surface area contributed by atoms with Gasteiger partial charge in [-0.2, -0.15) is 0 Å². The molecule has 0 amide bonds. The molecule has 0 radical (unpaired) electrons. The first-order valence-corrected chi connectivity index (χ1v) is 17.8. The molecule has 0 N–H and O–H groups in total. The number of para-hydroxylation sites is 1. The maximum atomic E-state index is 2.45. The standard InChI is InChI=1S/C49H36N2/c1-49(2)45-20-12-11-19-41(45)44-31-38(27-30-46(44)49)50(37-24-21-34(22-25-37)33-13-5-3-6-14-33)39-26-29-42-43-28-23-35-15-9-10-18-40(35)48(43)51(47(42)32-39)36-16-7-4-8-17-36/h3-32H,1-2H3. The monoisotopic (exact) mass is 652 g/mol. The summed E-state index contributed by atoms with van der Waals surface area (Å²) in [4.78, 5) is 2.42. The van der Waals surface area contributed by atoms with Crippen LogP contribution in [0.2, 0.25) is 0 Å². The van der Waals surface area contributed by atoms with E-state index < -0.39 is 0 Å². The number of nitrogens with zero attached hydrogens (tertiary/aromatic N) is 2. The van der Waals surface area contributed by atoms with E-state index in [1.807, 2.05) is 0 Å². The minimum atomic E-state index is -0.0507. The van der Waals surface area contributed by atoms with Gasteiger partial charge in [-0.25, -0.2) is 0 Å². The summed E-state index contributed by atoms with van der Waals surface area (Å²) in [7, 11) is 0. The van der Waals surface area contributed by atoms with E-state index in [4.69, 9.17) is 0 Å². The van der Waals surface area contributed by atoms with Crippen LogP contribution in [0.3, 0.4) is 0 Å². The zero-order valence-corrected chi connectivity index (χ0v) is 28.7. The van der Waals surface area contributed by atoms with E-state index in [0.29, 0.717) is 0 Å². The molecule has 8 aromatic carbocycles. The zero-order valence-electron chi connectivity index (χ0n) is 28.7. The summed E-state index contributed by atoms with van der Waals surface area (Å²) in [6.45, 7) is 4.69. The van der Waals surface area contributed by atoms with Crippen molar-refractivity contribution in [3.05, 3.63) is 193 Å². The molecule has 0 unspecified atom stereocenters. The molecule has 2 heteroatoms. The number of rotatable bonds is 5. The molecule has 0 saturated heterocycles. The molecule has 51 heavy (non-hydrogen) atoms. The smallest absolute Gasteiger partial charge is 0.0619 e. The third-order valence-electron chi connectivity index (χ3n) is 11.0. The fourth-order valence-corrected chi connectivity index (χ4v) is 8.48. The Kier molecular flexibility index (Phi) is 6.56. The minimum Gasteiger partial charge on any atom is -0.310 e. The lowest BCUT2D eigenvalue weighted by Gasteiger charge is -2.27. The van der Waals surface area contributed by atoms with Crippen molar-refractivity contribution >= 4 is 49.6 Å². The molecule has 10 rings (SSSR count). The van der Waals surface area contributed by atoms with Gasteiger partial charge in [0.25, 0.3) is 0 Å². The third-order valence-corrected chi connectivity index (χ3v) is 11.0. The molecule has 242 valence electrons. The van der Waals surface area contributed by atoms with Gasteiger partial charge in [-0.1, -0.05) is 147 Å². The molecule has 1 aliphatic carbocycles. The Hall–Kier alpha value is -6.38. The highest BCUT2D eigenvalue weighted by Gasteiger charge is 2.35. The summed E-state index contributed by atoms with van der Waals surface area (Å²) in [5.74, 6) is 0. The van der Waals surface area contributed by atoms with Crippen molar-refractivity contribution in [3.63, 3.8) is 0 Å². The highest BCUT2D eigenvalue weighted by Crippen LogP contribution is 2.51. The van der Waals surface area contributed by atoms with Crippen LogP contribution in [-0.4, -0.2) is 4.57 Å². The van der Waals surface area contributed by atoms with Crippen molar-refractivity contribution in [3.8, 4) is 27.9 Å². The Morgan fingerprint density at radius 2 is 1.04 bits per heavy atom. The van der Waals surface area contributed by atoms with E-state index in [1.165, 1.54) is 66.0 Å². The van der Waals surface area contributed by atoms with Crippen LogP contribution < -0.4 is 4.90 Å². The van der Waals surface area contributed by atoms with Crippen LogP contribution in [0.25, 0.3) is 60.5 Å². The summed E-state index contributed by atoms with van der Waals surface area (Å²) in [6.07, 6.45) is 0. The second kappa shape index (κ2) is 11.3. The molecular weight excluding hydrogens is 617 g/mol. The number of hydrogen-bond donors (Lipinski definition) is 0. The summed E-state index contributed by atoms with van der Waals surface area (Å²) in [6, 6.07) is 66.6. The van der Waals surface area contributed by atoms with Crippen molar-refractivity contribution in [1.29, 1.82) is 0 Å². The van der Waals surface area contributed by atoms with Crippen molar-refractivity contribution in [2.45, 2.75) is 19.3 Å². The molecule has 0 saturated carbocycles. The molecule has 9 aromatic rings. The maximum Gasteiger partial charge on any atom is 0.0619 e. The lowest BCUT2D eigenvalue weighted by atomic mass is 9.82. The highest BCUT2D eigenvalue weighted by molar-refractivity contribution is 6.19. The van der Waals surface area contributed by atoms with Crippen LogP contribution >= 0.6 is 0 Å². The van der Waals surface area contributed by atoms with Gasteiger partial charge in [0.2, 0.25) is 0 Å². The van der Waals surface area contributed by atoms with Gasteiger partial charge in [0.1, 0.15) is 0 Å². The Labute approximate surface area is 298 Å². The first-order chi connectivity index (χ1) is 25.1. The van der Waals surface area contributed by atoms with E-state index in [0.717, 1.165) is 22.7 Å². The molecule has 1 heterocycles. The number of fused-ring (bicyclic) bond motifs is 8. The van der Waals surface area contributed by atoms with Gasteiger partial charge >= 0.3 is 0 Å². The van der Waals surface area contributed by atoms with E-state index >= 15 is 0 Å². The molecular formula is C49H36N2. The molecule has 1 aliphatic rings. The molecule has 0 spiro atoms. The zero-order chi connectivity index (χ0) is 34.1. The van der Waals surface area contributed by atoms with E-state index in [9.17, 15) is 0 Å². The lowest BCUT2D eigenvalue weighted by Crippen LogP contribution is -2.15. The SMILES string of the molecule is CC1(C)c2ccccc2-c2cc(N(c3ccc(-c4ccccc4)cc3)c3ccc4c5ccc6ccccc6c5n(-c5ccccc5)c4c3)ccc21. The van der Waals surface area contributed by atoms with E-state index in [2.05, 4.69) is 205 Å². The Morgan fingerprint density at radius 1 is 0.431 bits per heavy atom. The van der Waals surface area contributed by atoms with Gasteiger partial charge < -0.3 is 9.47 Å². The van der Waals surface area contributed by atoms with Crippen molar-refractivity contribution < 1.29 is 0 Å². The first-order valence-electron chi connectivity index (χ1n) is 17.8. The van der Waals surface area contributed by atoms with Gasteiger partial charge in [0.15, 0.2) is 0 Å². The van der Waals surface area contributed by atoms with Crippen LogP contribution in [0.1, 0.15) is 25.0 Å². The average Bonchev–Trinajstić information content (AvgIpc) is 3.64. The molecule has 0 aliphatic heterocycles. The van der Waals surface area contributed by atoms with Gasteiger partial charge in [-0.05, 0) is 87.3 Å². The van der Waals surface area contributed by atoms with Gasteiger partial charge in [-0.3, -0.25) is 0 Å². The lowest BCUT2D eigenvalue weighted by molar-refractivity contribution is 0.660. The summed E-state index contributed by atoms with van der Waals surface area (Å²) < 4.78 is 2.45. The van der Waals surface area contributed by atoms with E-state index in [-0.39, 0.29) is 5.41 Å². The predicted octanol–water partition coefficient (Wildman–Crippen LogP) is 13.4. The summed E-state index contributed by atoms with van der Waals surface area (Å²) >= 11 is 0. The normalized spacial score (nSPS) is 13.1. The second-order valence-corrected chi connectivity index (χ2v) is 14.2. The second-order valence-electron chi connectivity index (χ2n) is 14.2. The van der Waals surface area contributed by atoms with Crippen molar-refractivity contribution in [2.24, 2.45) is 0 Å². The summed E-state index contributed by atoms with van der Waals surface area (Å²) in [5, 5.41) is 5.00. The van der Waals surface area contributed by atoms with Gasteiger partial charge in [0, 0.05) is 44.3 Å². The van der Waals surface area contributed by atoms with Gasteiger partial charge in [0.05, 0.1) is 11.0 Å². The molecule has 0 atom stereocenters. The van der Waals surface area contributed by atoms with Crippen LogP contribution in [0.5, 0.6) is 0 Å². The van der Waals surface area contributed by atoms with Gasteiger partial charge in [-0.15, -0.1) is 0 Å². The van der Waals surface area contributed by atoms with Crippen molar-refractivity contribution in [2.75, 3.05) is 4.90 Å². The van der Waals surface area contributed by atoms with Crippen LogP contribution in [-0.2, 0) is 5.41 Å². The fraction of sp³-hybridized carbons (Fsp3) is 0.0612. The molecule has 2 nitrogen and oxygen atoms in total. The topological polar surface area (TPSA) is 8.17 Å². The van der Waals surface area contributed by atoms with Crippen molar-refractivity contribution in [1.82, 2.24) is 4.57 Å². The highest BCUT2D eigenvalue weighted by atomic mass is 15.1. The van der Waals surface area contributed by atoms with Crippen LogP contribution in [0, 0.1) is 0 Å². The minimum absolute atomic E-state index is 0.0507. The molecule has 0 bridgehead atoms. The Balaban J connectivity index is 1.22. The third kappa shape index (κ3) is 4.57. The summed E-state index contributed by atoms with van der Waals surface area (Å²) in [5.41, 5.74) is 14.7. The number of benzene rings is 8. The Bertz CT molecular complexity index is 2750. The quantitative estimate of drug-likeness (QED) is 0.180. The average molecular weight is 653 g/mol. The molecule has 0 fully saturated rings. The number of hydrogen-bond acceptors (Lipinski definition) is 1. The predicted molar refractivity (Wildman–Crippen MR) is 216 cm³/mol. The maximum absolute atomic E-state index is 2.45. The first kappa shape index (κ1) is 29.5. The van der Waals surface area contributed by atoms with E-state index in [1.54, 1.807) is 0 Å². The Morgan fingerprint density at radius 3 is 1.86 bits per heavy atom. The van der Waals surface area contributed by atoms with Crippen LogP contribution in [0.15, 0.2) is 182 Å².